The van der Waals surface area contributed by atoms with E-state index >= 15 is 0 Å². The molecule has 1 aromatic carbocycles. The topological polar surface area (TPSA) is 50.1 Å². The van der Waals surface area contributed by atoms with E-state index in [4.69, 9.17) is 21.7 Å². The number of benzene rings is 1. The van der Waals surface area contributed by atoms with Gasteiger partial charge in [0.25, 0.3) is 0 Å². The largest absolute Gasteiger partial charge is 0.396 e. The molecule has 0 aliphatic carbocycles. The van der Waals surface area contributed by atoms with Crippen molar-refractivity contribution in [3.8, 4) is 0 Å². The second-order valence-corrected chi connectivity index (χ2v) is 6.01. The highest BCUT2D eigenvalue weighted by atomic mass is 35.5. The molecule has 0 aliphatic heterocycles. The Kier molecular flexibility index (Phi) is 5.62. The van der Waals surface area contributed by atoms with Gasteiger partial charge in [0.1, 0.15) is 5.82 Å². The van der Waals surface area contributed by atoms with E-state index in [0.717, 1.165) is 41.3 Å². The summed E-state index contributed by atoms with van der Waals surface area (Å²) in [6, 6.07) is 5.93. The van der Waals surface area contributed by atoms with Crippen LogP contribution in [0.25, 0.3) is 11.0 Å². The molecule has 2 unspecified atom stereocenters. The molecule has 1 heterocycles. The van der Waals surface area contributed by atoms with E-state index in [1.807, 2.05) is 25.2 Å². The quantitative estimate of drug-likeness (QED) is 0.825. The van der Waals surface area contributed by atoms with Gasteiger partial charge in [0.05, 0.1) is 17.1 Å². The number of imidazole rings is 1. The highest BCUT2D eigenvalue weighted by molar-refractivity contribution is 6.31. The first-order valence-electron chi connectivity index (χ1n) is 7.52. The Bertz CT molecular complexity index is 596. The van der Waals surface area contributed by atoms with Crippen LogP contribution in [-0.4, -0.2) is 27.8 Å². The molecule has 0 aliphatic rings. The fourth-order valence-electron chi connectivity index (χ4n) is 2.64. The number of nitrogens with zero attached hydrogens (tertiary/aromatic N) is 2. The molecule has 0 fully saturated rings. The minimum absolute atomic E-state index is 0.161. The molecule has 2 aromatic rings. The summed E-state index contributed by atoms with van der Waals surface area (Å²) in [5, 5.41) is 13.3. The summed E-state index contributed by atoms with van der Waals surface area (Å²) in [4.78, 5) is 4.70. The number of halogens is 1. The van der Waals surface area contributed by atoms with Crippen LogP contribution < -0.4 is 5.32 Å². The zero-order chi connectivity index (χ0) is 15.4. The fourth-order valence-corrected chi connectivity index (χ4v) is 2.80. The van der Waals surface area contributed by atoms with Gasteiger partial charge in [-0.05, 0) is 44.0 Å². The van der Waals surface area contributed by atoms with Crippen LogP contribution in [0, 0.1) is 5.92 Å². The van der Waals surface area contributed by atoms with Crippen molar-refractivity contribution in [1.29, 1.82) is 0 Å². The molecular weight excluding hydrogens is 286 g/mol. The third-order valence-electron chi connectivity index (χ3n) is 4.09. The zero-order valence-electron chi connectivity index (χ0n) is 12.9. The van der Waals surface area contributed by atoms with E-state index in [1.54, 1.807) is 0 Å². The monoisotopic (exact) mass is 309 g/mol. The molecule has 4 nitrogen and oxygen atoms in total. The van der Waals surface area contributed by atoms with Crippen molar-refractivity contribution in [2.24, 2.45) is 13.0 Å². The van der Waals surface area contributed by atoms with Crippen LogP contribution in [-0.2, 0) is 7.05 Å². The van der Waals surface area contributed by atoms with Crippen LogP contribution in [0.2, 0.25) is 5.02 Å². The molecule has 0 amide bonds. The molecule has 0 spiro atoms. The number of aliphatic hydroxyl groups excluding tert-OH is 1. The van der Waals surface area contributed by atoms with Gasteiger partial charge in [-0.3, -0.25) is 0 Å². The number of hydrogen-bond acceptors (Lipinski definition) is 3. The molecule has 116 valence electrons. The Morgan fingerprint density at radius 2 is 2.19 bits per heavy atom. The molecule has 2 rings (SSSR count). The molecular formula is C16H24ClN3O. The lowest BCUT2D eigenvalue weighted by atomic mass is 10.0. The Morgan fingerprint density at radius 3 is 2.86 bits per heavy atom. The summed E-state index contributed by atoms with van der Waals surface area (Å²) in [5.74, 6) is 1.51. The maximum absolute atomic E-state index is 9.06. The number of aromatic nitrogens is 2. The summed E-state index contributed by atoms with van der Waals surface area (Å²) in [7, 11) is 2.02. The van der Waals surface area contributed by atoms with Gasteiger partial charge in [0.2, 0.25) is 0 Å². The van der Waals surface area contributed by atoms with Gasteiger partial charge >= 0.3 is 0 Å². The molecule has 2 atom stereocenters. The van der Waals surface area contributed by atoms with E-state index in [9.17, 15) is 0 Å². The second kappa shape index (κ2) is 7.25. The molecule has 0 bridgehead atoms. The van der Waals surface area contributed by atoms with Crippen LogP contribution in [0.3, 0.4) is 0 Å². The second-order valence-electron chi connectivity index (χ2n) is 5.58. The first-order valence-corrected chi connectivity index (χ1v) is 7.90. The zero-order valence-corrected chi connectivity index (χ0v) is 13.7. The summed E-state index contributed by atoms with van der Waals surface area (Å²) < 4.78 is 2.09. The fraction of sp³-hybridized carbons (Fsp3) is 0.562. The van der Waals surface area contributed by atoms with E-state index < -0.39 is 0 Å². The number of nitrogens with one attached hydrogen (secondary N) is 1. The van der Waals surface area contributed by atoms with Crippen LogP contribution >= 0.6 is 11.6 Å². The number of hydrogen-bond donors (Lipinski definition) is 2. The normalized spacial score (nSPS) is 14.5. The van der Waals surface area contributed by atoms with Crippen LogP contribution in [0.15, 0.2) is 18.2 Å². The Hall–Kier alpha value is -1.10. The van der Waals surface area contributed by atoms with Crippen molar-refractivity contribution >= 4 is 22.6 Å². The van der Waals surface area contributed by atoms with Gasteiger partial charge in [-0.15, -0.1) is 0 Å². The van der Waals surface area contributed by atoms with E-state index in [2.05, 4.69) is 23.7 Å². The number of rotatable bonds is 7. The first-order chi connectivity index (χ1) is 10.1. The minimum Gasteiger partial charge on any atom is -0.396 e. The minimum atomic E-state index is 0.161. The lowest BCUT2D eigenvalue weighted by Crippen LogP contribution is -2.27. The van der Waals surface area contributed by atoms with E-state index in [-0.39, 0.29) is 12.6 Å². The summed E-state index contributed by atoms with van der Waals surface area (Å²) in [6.07, 6.45) is 1.91. The summed E-state index contributed by atoms with van der Waals surface area (Å²) in [5.41, 5.74) is 2.02. The van der Waals surface area contributed by atoms with Crippen molar-refractivity contribution < 1.29 is 5.11 Å². The highest BCUT2D eigenvalue weighted by Gasteiger charge is 2.15. The van der Waals surface area contributed by atoms with Crippen LogP contribution in [0.1, 0.15) is 38.6 Å². The lowest BCUT2D eigenvalue weighted by molar-refractivity contribution is 0.248. The lowest BCUT2D eigenvalue weighted by Gasteiger charge is -2.19. The van der Waals surface area contributed by atoms with E-state index in [0.29, 0.717) is 5.92 Å². The predicted octanol–water partition coefficient (Wildman–Crippen LogP) is 3.29. The third-order valence-corrected chi connectivity index (χ3v) is 4.33. The molecule has 0 saturated heterocycles. The SMILES string of the molecule is CCC(CCO)CNC(C)c1nc2ccc(Cl)cc2n1C. The number of aryl methyl sites for hydroxylation is 1. The Morgan fingerprint density at radius 1 is 1.43 bits per heavy atom. The highest BCUT2D eigenvalue weighted by Crippen LogP contribution is 2.23. The summed E-state index contributed by atoms with van der Waals surface area (Å²) >= 11 is 6.06. The van der Waals surface area contributed by atoms with Gasteiger partial charge in [-0.2, -0.15) is 0 Å². The first kappa shape index (κ1) is 16.3. The summed E-state index contributed by atoms with van der Waals surface area (Å²) in [6.45, 7) is 5.42. The molecule has 0 saturated carbocycles. The molecule has 5 heteroatoms. The maximum Gasteiger partial charge on any atom is 0.126 e. The Labute approximate surface area is 131 Å². The molecule has 0 radical (unpaired) electrons. The van der Waals surface area contributed by atoms with Crippen molar-refractivity contribution in [1.82, 2.24) is 14.9 Å². The molecule has 21 heavy (non-hydrogen) atoms. The van der Waals surface area contributed by atoms with Crippen molar-refractivity contribution in [2.75, 3.05) is 13.2 Å². The van der Waals surface area contributed by atoms with Gasteiger partial charge in [0, 0.05) is 18.7 Å². The van der Waals surface area contributed by atoms with Gasteiger partial charge in [-0.1, -0.05) is 24.9 Å². The van der Waals surface area contributed by atoms with Crippen LogP contribution in [0.5, 0.6) is 0 Å². The molecule has 1 aromatic heterocycles. The van der Waals surface area contributed by atoms with Crippen molar-refractivity contribution in [3.05, 3.63) is 29.0 Å². The van der Waals surface area contributed by atoms with Crippen molar-refractivity contribution in [2.45, 2.75) is 32.7 Å². The molecule has 2 N–H and O–H groups in total. The van der Waals surface area contributed by atoms with Crippen LogP contribution in [0.4, 0.5) is 0 Å². The van der Waals surface area contributed by atoms with E-state index in [1.165, 1.54) is 0 Å². The number of fused-ring (bicyclic) bond motifs is 1. The standard InChI is InChI=1S/C16H24ClN3O/c1-4-12(7-8-21)10-18-11(2)16-19-14-6-5-13(17)9-15(14)20(16)3/h5-6,9,11-12,18,21H,4,7-8,10H2,1-3H3. The van der Waals surface area contributed by atoms with Gasteiger partial charge < -0.3 is 15.0 Å². The van der Waals surface area contributed by atoms with Gasteiger partial charge in [-0.25, -0.2) is 4.98 Å². The van der Waals surface area contributed by atoms with Crippen molar-refractivity contribution in [3.63, 3.8) is 0 Å². The third kappa shape index (κ3) is 3.76. The smallest absolute Gasteiger partial charge is 0.126 e. The average Bonchev–Trinajstić information content (AvgIpc) is 2.80. The van der Waals surface area contributed by atoms with Gasteiger partial charge in [0.15, 0.2) is 0 Å². The maximum atomic E-state index is 9.06. The average molecular weight is 310 g/mol. The predicted molar refractivity (Wildman–Crippen MR) is 87.6 cm³/mol. The Balaban J connectivity index is 2.12. The number of aliphatic hydroxyl groups is 1.